The number of rotatable bonds is 5. The van der Waals surface area contributed by atoms with Crippen LogP contribution in [0, 0.1) is 0 Å². The first-order valence-electron chi connectivity index (χ1n) is 9.29. The van der Waals surface area contributed by atoms with Gasteiger partial charge in [0.1, 0.15) is 5.82 Å². The van der Waals surface area contributed by atoms with E-state index in [9.17, 15) is 0 Å². The molecular formula is C20H26N6. The molecule has 3 aromatic rings. The highest BCUT2D eigenvalue weighted by atomic mass is 15.3. The highest BCUT2D eigenvalue weighted by Crippen LogP contribution is 2.31. The van der Waals surface area contributed by atoms with E-state index < -0.39 is 0 Å². The second-order valence-electron chi connectivity index (χ2n) is 7.23. The third-order valence-electron chi connectivity index (χ3n) is 5.34. The van der Waals surface area contributed by atoms with Gasteiger partial charge in [-0.05, 0) is 43.7 Å². The number of fused-ring (bicyclic) bond motifs is 1. The van der Waals surface area contributed by atoms with Crippen LogP contribution in [0.2, 0.25) is 0 Å². The lowest BCUT2D eigenvalue weighted by Crippen LogP contribution is -2.27. The molecule has 1 aliphatic rings. The molecule has 26 heavy (non-hydrogen) atoms. The maximum Gasteiger partial charge on any atom is 0.150 e. The number of likely N-dealkylation sites (tertiary alicyclic amines) is 1. The minimum atomic E-state index is 0.369. The zero-order valence-corrected chi connectivity index (χ0v) is 15.8. The largest absolute Gasteiger partial charge is 0.361 e. The lowest BCUT2D eigenvalue weighted by molar-refractivity contribution is 0.253. The molecular weight excluding hydrogens is 324 g/mol. The first-order chi connectivity index (χ1) is 12.6. The monoisotopic (exact) mass is 350 g/mol. The molecule has 0 radical (unpaired) electrons. The number of aromatic nitrogens is 4. The summed E-state index contributed by atoms with van der Waals surface area (Å²) in [5, 5.41) is 8.84. The van der Waals surface area contributed by atoms with Crippen molar-refractivity contribution < 1.29 is 0 Å². The van der Waals surface area contributed by atoms with Crippen LogP contribution in [0.1, 0.15) is 30.4 Å². The zero-order valence-electron chi connectivity index (χ0n) is 15.8. The van der Waals surface area contributed by atoms with Crippen molar-refractivity contribution in [3.05, 3.63) is 47.9 Å². The van der Waals surface area contributed by atoms with Crippen molar-refractivity contribution in [2.45, 2.75) is 25.3 Å². The third-order valence-corrected chi connectivity index (χ3v) is 5.34. The van der Waals surface area contributed by atoms with Crippen LogP contribution in [-0.4, -0.2) is 51.8 Å². The summed E-state index contributed by atoms with van der Waals surface area (Å²) in [6.45, 7) is 2.12. The summed E-state index contributed by atoms with van der Waals surface area (Å²) >= 11 is 0. The van der Waals surface area contributed by atoms with Crippen LogP contribution in [0.15, 0.2) is 36.4 Å². The van der Waals surface area contributed by atoms with Gasteiger partial charge in [-0.15, -0.1) is 5.10 Å². The van der Waals surface area contributed by atoms with Gasteiger partial charge in [0, 0.05) is 34.1 Å². The summed E-state index contributed by atoms with van der Waals surface area (Å²) in [7, 11) is 6.09. The molecule has 0 saturated carbocycles. The molecule has 6 nitrogen and oxygen atoms in total. The van der Waals surface area contributed by atoms with Crippen molar-refractivity contribution in [2.24, 2.45) is 7.05 Å². The van der Waals surface area contributed by atoms with Crippen molar-refractivity contribution in [3.63, 3.8) is 0 Å². The summed E-state index contributed by atoms with van der Waals surface area (Å²) in [5.41, 5.74) is 3.36. The quantitative estimate of drug-likeness (QED) is 0.708. The molecule has 3 heterocycles. The van der Waals surface area contributed by atoms with E-state index in [0.717, 1.165) is 48.8 Å². The Bertz CT molecular complexity index is 883. The Morgan fingerprint density at radius 2 is 1.96 bits per heavy atom. The Labute approximate surface area is 154 Å². The van der Waals surface area contributed by atoms with Gasteiger partial charge < -0.3 is 9.47 Å². The molecule has 4 rings (SSSR count). The van der Waals surface area contributed by atoms with Crippen molar-refractivity contribution in [3.8, 4) is 0 Å². The maximum atomic E-state index is 4.80. The molecule has 0 amide bonds. The van der Waals surface area contributed by atoms with Crippen LogP contribution < -0.4 is 4.90 Å². The Kier molecular flexibility index (Phi) is 4.59. The van der Waals surface area contributed by atoms with Gasteiger partial charge in [0.25, 0.3) is 0 Å². The van der Waals surface area contributed by atoms with Gasteiger partial charge in [-0.3, -0.25) is 4.90 Å². The number of hydrogen-bond acceptors (Lipinski definition) is 5. The molecule has 1 fully saturated rings. The fourth-order valence-corrected chi connectivity index (χ4v) is 3.84. The van der Waals surface area contributed by atoms with Gasteiger partial charge in [0.05, 0.1) is 22.8 Å². The number of nitrogens with zero attached hydrogens (tertiary/aromatic N) is 6. The number of benzene rings is 1. The Hall–Kier alpha value is -2.47. The van der Waals surface area contributed by atoms with E-state index in [2.05, 4.69) is 57.0 Å². The van der Waals surface area contributed by atoms with E-state index in [1.165, 1.54) is 11.9 Å². The van der Waals surface area contributed by atoms with E-state index in [4.69, 9.17) is 4.98 Å². The first kappa shape index (κ1) is 17.0. The summed E-state index contributed by atoms with van der Waals surface area (Å²) in [5.74, 6) is 2.05. The molecule has 0 spiro atoms. The summed E-state index contributed by atoms with van der Waals surface area (Å²) in [6.07, 6.45) is 3.31. The van der Waals surface area contributed by atoms with Crippen LogP contribution in [0.4, 0.5) is 5.82 Å². The average Bonchev–Trinajstić information content (AvgIpc) is 3.25. The van der Waals surface area contributed by atoms with E-state index >= 15 is 0 Å². The van der Waals surface area contributed by atoms with Crippen molar-refractivity contribution in [1.82, 2.24) is 24.6 Å². The van der Waals surface area contributed by atoms with Crippen LogP contribution in [0.25, 0.3) is 11.0 Å². The van der Waals surface area contributed by atoms with E-state index in [-0.39, 0.29) is 0 Å². The number of aryl methyl sites for hydroxylation is 1. The van der Waals surface area contributed by atoms with Crippen molar-refractivity contribution >= 4 is 16.9 Å². The average molecular weight is 350 g/mol. The first-order valence-corrected chi connectivity index (χ1v) is 9.29. The van der Waals surface area contributed by atoms with Gasteiger partial charge >= 0.3 is 0 Å². The van der Waals surface area contributed by atoms with Crippen molar-refractivity contribution in [1.29, 1.82) is 0 Å². The maximum absolute atomic E-state index is 4.80. The molecule has 2 aromatic heterocycles. The highest BCUT2D eigenvalue weighted by Gasteiger charge is 2.27. The molecule has 6 heteroatoms. The topological polar surface area (TPSA) is 50.1 Å². The molecule has 136 valence electrons. The summed E-state index contributed by atoms with van der Waals surface area (Å²) in [4.78, 5) is 9.31. The fraction of sp³-hybridized carbons (Fsp3) is 0.450. The van der Waals surface area contributed by atoms with E-state index in [0.29, 0.717) is 6.04 Å². The van der Waals surface area contributed by atoms with Gasteiger partial charge in [-0.2, -0.15) is 5.10 Å². The zero-order chi connectivity index (χ0) is 18.1. The fourth-order valence-electron chi connectivity index (χ4n) is 3.84. The molecule has 1 aliphatic heterocycles. The van der Waals surface area contributed by atoms with Gasteiger partial charge in [0.15, 0.2) is 5.82 Å². The van der Waals surface area contributed by atoms with Crippen molar-refractivity contribution in [2.75, 3.05) is 32.1 Å². The van der Waals surface area contributed by atoms with Crippen LogP contribution in [-0.2, 0) is 13.5 Å². The van der Waals surface area contributed by atoms with E-state index in [1.807, 2.05) is 25.1 Å². The van der Waals surface area contributed by atoms with Crippen LogP contribution in [0.3, 0.4) is 0 Å². The van der Waals surface area contributed by atoms with Gasteiger partial charge in [-0.25, -0.2) is 4.98 Å². The van der Waals surface area contributed by atoms with Crippen LogP contribution >= 0.6 is 0 Å². The summed E-state index contributed by atoms with van der Waals surface area (Å²) < 4.78 is 2.21. The Morgan fingerprint density at radius 3 is 2.69 bits per heavy atom. The predicted molar refractivity (Wildman–Crippen MR) is 104 cm³/mol. The molecule has 0 N–H and O–H groups in total. The summed E-state index contributed by atoms with van der Waals surface area (Å²) in [6, 6.07) is 12.9. The standard InChI is InChI=1S/C20H26N6/c1-24(2)20-11-10-16(22-23-20)18-9-6-13-26(18)14-12-19-21-15-7-4-5-8-17(15)25(19)3/h4-5,7-8,10-11,18H,6,9,12-14H2,1-3H3. The molecule has 1 saturated heterocycles. The van der Waals surface area contributed by atoms with Crippen LogP contribution in [0.5, 0.6) is 0 Å². The number of para-hydroxylation sites is 2. The lowest BCUT2D eigenvalue weighted by atomic mass is 10.1. The molecule has 1 atom stereocenters. The molecule has 1 aromatic carbocycles. The lowest BCUT2D eigenvalue weighted by Gasteiger charge is -2.23. The minimum absolute atomic E-state index is 0.369. The van der Waals surface area contributed by atoms with E-state index in [1.54, 1.807) is 0 Å². The number of hydrogen-bond donors (Lipinski definition) is 0. The Balaban J connectivity index is 1.47. The number of imidazole rings is 1. The SMILES string of the molecule is CN(C)c1ccc(C2CCCN2CCc2nc3ccccc3n2C)nn1. The molecule has 0 bridgehead atoms. The second kappa shape index (κ2) is 7.03. The minimum Gasteiger partial charge on any atom is -0.361 e. The second-order valence-corrected chi connectivity index (χ2v) is 7.23. The third kappa shape index (κ3) is 3.17. The van der Waals surface area contributed by atoms with Gasteiger partial charge in [0.2, 0.25) is 0 Å². The highest BCUT2D eigenvalue weighted by molar-refractivity contribution is 5.75. The predicted octanol–water partition coefficient (Wildman–Crippen LogP) is 2.81. The Morgan fingerprint density at radius 1 is 1.12 bits per heavy atom. The normalized spacial score (nSPS) is 17.9. The molecule has 1 unspecified atom stereocenters. The smallest absolute Gasteiger partial charge is 0.150 e. The van der Waals surface area contributed by atoms with Gasteiger partial charge in [-0.1, -0.05) is 12.1 Å². The number of anilines is 1. The molecule has 0 aliphatic carbocycles.